The van der Waals surface area contributed by atoms with Gasteiger partial charge in [-0.3, -0.25) is 9.89 Å². The van der Waals surface area contributed by atoms with E-state index < -0.39 is 0 Å². The number of likely N-dealkylation sites (N-methyl/N-ethyl adjacent to an activating group) is 1. The van der Waals surface area contributed by atoms with Crippen LogP contribution in [-0.4, -0.2) is 28.1 Å². The number of nitrogens with zero attached hydrogens (tertiary/aromatic N) is 2. The van der Waals surface area contributed by atoms with E-state index in [9.17, 15) is 4.79 Å². The number of hydrogen-bond donors (Lipinski definition) is 1. The van der Waals surface area contributed by atoms with Crippen molar-refractivity contribution in [3.05, 3.63) is 52.8 Å². The highest BCUT2D eigenvalue weighted by atomic mass is 35.5. The molecule has 0 fully saturated rings. The number of halogens is 1. The van der Waals surface area contributed by atoms with Gasteiger partial charge in [-0.25, -0.2) is 0 Å². The van der Waals surface area contributed by atoms with Gasteiger partial charge in [0.2, 0.25) is 5.91 Å². The van der Waals surface area contributed by atoms with E-state index in [1.807, 2.05) is 31.3 Å². The first kappa shape index (κ1) is 15.6. The largest absolute Gasteiger partial charge is 0.341 e. The first-order chi connectivity index (χ1) is 9.99. The fraction of sp³-hybridized carbons (Fsp3) is 0.375. The third kappa shape index (κ3) is 3.85. The smallest absolute Gasteiger partial charge is 0.230 e. The van der Waals surface area contributed by atoms with E-state index in [0.717, 1.165) is 11.1 Å². The molecule has 5 heteroatoms. The van der Waals surface area contributed by atoms with Crippen molar-refractivity contribution in [1.82, 2.24) is 15.1 Å². The van der Waals surface area contributed by atoms with Gasteiger partial charge in [-0.15, -0.1) is 0 Å². The highest BCUT2D eigenvalue weighted by Crippen LogP contribution is 2.28. The van der Waals surface area contributed by atoms with E-state index >= 15 is 0 Å². The Balaban J connectivity index is 2.17. The van der Waals surface area contributed by atoms with Crippen LogP contribution >= 0.6 is 11.6 Å². The lowest BCUT2D eigenvalue weighted by atomic mass is 9.87. The molecule has 112 valence electrons. The van der Waals surface area contributed by atoms with Crippen molar-refractivity contribution >= 4 is 17.5 Å². The first-order valence-electron chi connectivity index (χ1n) is 6.97. The van der Waals surface area contributed by atoms with Gasteiger partial charge in [-0.05, 0) is 23.6 Å². The molecule has 1 unspecified atom stereocenters. The molecule has 0 aliphatic carbocycles. The Kier molecular flexibility index (Phi) is 5.02. The summed E-state index contributed by atoms with van der Waals surface area (Å²) in [5.41, 5.74) is 1.99. The standard InChI is InChI=1S/C16H20ClN3O/c1-11(2)15(13-4-6-14(17)7-5-13)16(21)20(3)10-12-8-18-19-9-12/h4-9,11,15H,10H2,1-3H3,(H,18,19). The van der Waals surface area contributed by atoms with Gasteiger partial charge in [-0.2, -0.15) is 5.10 Å². The number of carbonyl (C=O) groups excluding carboxylic acids is 1. The zero-order chi connectivity index (χ0) is 15.4. The van der Waals surface area contributed by atoms with Crippen molar-refractivity contribution in [2.45, 2.75) is 26.3 Å². The number of benzene rings is 1. The fourth-order valence-corrected chi connectivity index (χ4v) is 2.56. The van der Waals surface area contributed by atoms with E-state index in [1.54, 1.807) is 17.3 Å². The molecule has 1 aromatic heterocycles. The van der Waals surface area contributed by atoms with Crippen LogP contribution in [0.5, 0.6) is 0 Å². The second-order valence-corrected chi connectivity index (χ2v) is 6.01. The third-order valence-corrected chi connectivity index (χ3v) is 3.76. The summed E-state index contributed by atoms with van der Waals surface area (Å²) in [5, 5.41) is 7.35. The van der Waals surface area contributed by atoms with Crippen molar-refractivity contribution in [2.75, 3.05) is 7.05 Å². The molecular weight excluding hydrogens is 286 g/mol. The maximum Gasteiger partial charge on any atom is 0.230 e. The van der Waals surface area contributed by atoms with E-state index in [-0.39, 0.29) is 17.7 Å². The van der Waals surface area contributed by atoms with Crippen LogP contribution < -0.4 is 0 Å². The topological polar surface area (TPSA) is 49.0 Å². The average Bonchev–Trinajstić information content (AvgIpc) is 2.93. The maximum atomic E-state index is 12.8. The molecule has 0 bridgehead atoms. The Hall–Kier alpha value is -1.81. The molecule has 1 amide bonds. The van der Waals surface area contributed by atoms with Gasteiger partial charge >= 0.3 is 0 Å². The van der Waals surface area contributed by atoms with Gasteiger partial charge in [0.25, 0.3) is 0 Å². The molecule has 0 saturated heterocycles. The molecule has 1 heterocycles. The quantitative estimate of drug-likeness (QED) is 0.919. The molecule has 4 nitrogen and oxygen atoms in total. The molecule has 0 aliphatic rings. The zero-order valence-electron chi connectivity index (χ0n) is 12.5. The van der Waals surface area contributed by atoms with E-state index in [1.165, 1.54) is 0 Å². The summed E-state index contributed by atoms with van der Waals surface area (Å²) in [6, 6.07) is 7.51. The molecule has 1 atom stereocenters. The van der Waals surface area contributed by atoms with Crippen LogP contribution in [0.4, 0.5) is 0 Å². The highest BCUT2D eigenvalue weighted by molar-refractivity contribution is 6.30. The van der Waals surface area contributed by atoms with Crippen LogP contribution in [0.1, 0.15) is 30.9 Å². The summed E-state index contributed by atoms with van der Waals surface area (Å²) >= 11 is 5.93. The molecule has 0 spiro atoms. The molecule has 0 saturated carbocycles. The second kappa shape index (κ2) is 6.76. The Labute approximate surface area is 130 Å². The average molecular weight is 306 g/mol. The van der Waals surface area contributed by atoms with E-state index in [0.29, 0.717) is 11.6 Å². The van der Waals surface area contributed by atoms with Crippen molar-refractivity contribution in [3.8, 4) is 0 Å². The normalized spacial score (nSPS) is 12.4. The van der Waals surface area contributed by atoms with Gasteiger partial charge in [0.15, 0.2) is 0 Å². The predicted molar refractivity (Wildman–Crippen MR) is 84.1 cm³/mol. The van der Waals surface area contributed by atoms with Gasteiger partial charge in [0, 0.05) is 30.4 Å². The van der Waals surface area contributed by atoms with Gasteiger partial charge in [0.05, 0.1) is 12.1 Å². The summed E-state index contributed by atoms with van der Waals surface area (Å²) in [7, 11) is 1.82. The zero-order valence-corrected chi connectivity index (χ0v) is 13.3. The monoisotopic (exact) mass is 305 g/mol. The minimum absolute atomic E-state index is 0.105. The van der Waals surface area contributed by atoms with Gasteiger partial charge < -0.3 is 4.90 Å². The van der Waals surface area contributed by atoms with Gasteiger partial charge in [-0.1, -0.05) is 37.6 Å². The number of hydrogen-bond acceptors (Lipinski definition) is 2. The maximum absolute atomic E-state index is 12.8. The summed E-state index contributed by atoms with van der Waals surface area (Å²) in [6.45, 7) is 4.66. The Morgan fingerprint density at radius 1 is 1.33 bits per heavy atom. The molecule has 2 aromatic rings. The number of carbonyl (C=O) groups is 1. The highest BCUT2D eigenvalue weighted by Gasteiger charge is 2.27. The Bertz CT molecular complexity index is 578. The molecule has 1 N–H and O–H groups in total. The van der Waals surface area contributed by atoms with Crippen LogP contribution in [0.3, 0.4) is 0 Å². The lowest BCUT2D eigenvalue weighted by Gasteiger charge is -2.26. The van der Waals surface area contributed by atoms with Crippen molar-refractivity contribution in [1.29, 1.82) is 0 Å². The first-order valence-corrected chi connectivity index (χ1v) is 7.35. The number of nitrogens with one attached hydrogen (secondary N) is 1. The van der Waals surface area contributed by atoms with Crippen LogP contribution in [0.25, 0.3) is 0 Å². The van der Waals surface area contributed by atoms with Crippen molar-refractivity contribution in [2.24, 2.45) is 5.92 Å². The molecule has 0 radical (unpaired) electrons. The van der Waals surface area contributed by atoms with E-state index in [2.05, 4.69) is 24.0 Å². The third-order valence-electron chi connectivity index (χ3n) is 3.51. The number of H-pyrrole nitrogens is 1. The van der Waals surface area contributed by atoms with Gasteiger partial charge in [0.1, 0.15) is 0 Å². The molecule has 1 aromatic carbocycles. The second-order valence-electron chi connectivity index (χ2n) is 5.57. The Morgan fingerprint density at radius 3 is 2.52 bits per heavy atom. The molecular formula is C16H20ClN3O. The SMILES string of the molecule is CC(C)C(C(=O)N(C)Cc1cn[nH]c1)c1ccc(Cl)cc1. The number of aromatic nitrogens is 2. The molecule has 0 aliphatic heterocycles. The van der Waals surface area contributed by atoms with E-state index in [4.69, 9.17) is 11.6 Å². The molecule has 2 rings (SSSR count). The van der Waals surface area contributed by atoms with Crippen LogP contribution in [-0.2, 0) is 11.3 Å². The lowest BCUT2D eigenvalue weighted by Crippen LogP contribution is -2.33. The fourth-order valence-electron chi connectivity index (χ4n) is 2.44. The minimum Gasteiger partial charge on any atom is -0.341 e. The summed E-state index contributed by atoms with van der Waals surface area (Å²) < 4.78 is 0. The summed E-state index contributed by atoms with van der Waals surface area (Å²) in [4.78, 5) is 14.5. The number of rotatable bonds is 5. The predicted octanol–water partition coefficient (Wildman–Crippen LogP) is 3.46. The van der Waals surface area contributed by atoms with Crippen molar-refractivity contribution in [3.63, 3.8) is 0 Å². The number of aromatic amines is 1. The van der Waals surface area contributed by atoms with Crippen LogP contribution in [0.2, 0.25) is 5.02 Å². The number of amides is 1. The van der Waals surface area contributed by atoms with Crippen molar-refractivity contribution < 1.29 is 4.79 Å². The Morgan fingerprint density at radius 2 is 2.00 bits per heavy atom. The minimum atomic E-state index is -0.167. The van der Waals surface area contributed by atoms with Crippen LogP contribution in [0.15, 0.2) is 36.7 Å². The molecule has 21 heavy (non-hydrogen) atoms. The van der Waals surface area contributed by atoms with Crippen LogP contribution in [0, 0.1) is 5.92 Å². The summed E-state index contributed by atoms with van der Waals surface area (Å²) in [5.74, 6) is 0.151. The summed E-state index contributed by atoms with van der Waals surface area (Å²) in [6.07, 6.45) is 3.53. The lowest BCUT2D eigenvalue weighted by molar-refractivity contribution is -0.133.